The molecule has 36 heavy (non-hydrogen) atoms. The number of hydrogen-bond acceptors (Lipinski definition) is 4. The lowest BCUT2D eigenvalue weighted by atomic mass is 10.0. The van der Waals surface area contributed by atoms with Gasteiger partial charge in [-0.05, 0) is 52.2 Å². The maximum Gasteiger partial charge on any atom is 0.255 e. The van der Waals surface area contributed by atoms with Gasteiger partial charge in [0.1, 0.15) is 5.75 Å². The van der Waals surface area contributed by atoms with Crippen LogP contribution in [0.15, 0.2) is 77.3 Å². The highest BCUT2D eigenvalue weighted by Crippen LogP contribution is 2.26. The maximum atomic E-state index is 13.2. The highest BCUT2D eigenvalue weighted by molar-refractivity contribution is 9.10. The van der Waals surface area contributed by atoms with Gasteiger partial charge in [-0.1, -0.05) is 54.6 Å². The van der Waals surface area contributed by atoms with Crippen molar-refractivity contribution in [3.05, 3.63) is 88.4 Å². The van der Waals surface area contributed by atoms with E-state index in [4.69, 9.17) is 4.74 Å². The minimum Gasteiger partial charge on any atom is -0.497 e. The number of hydrogen-bond donors (Lipinski definition) is 0. The molecule has 1 atom stereocenters. The Bertz CT molecular complexity index is 1240. The van der Waals surface area contributed by atoms with Gasteiger partial charge in [-0.15, -0.1) is 0 Å². The topological polar surface area (TPSA) is 66.9 Å². The predicted octanol–water partition coefficient (Wildman–Crippen LogP) is 5.46. The monoisotopic (exact) mass is 548 g/mol. The molecule has 1 unspecified atom stereocenters. The van der Waals surface area contributed by atoms with Crippen LogP contribution in [0, 0.1) is 0 Å². The summed E-state index contributed by atoms with van der Waals surface area (Å²) in [5, 5.41) is 0. The van der Waals surface area contributed by atoms with Crippen molar-refractivity contribution >= 4 is 33.5 Å². The zero-order valence-corrected chi connectivity index (χ0v) is 22.0. The third kappa shape index (κ3) is 5.85. The van der Waals surface area contributed by atoms with Gasteiger partial charge in [-0.25, -0.2) is 0 Å². The molecule has 6 nitrogen and oxygen atoms in total. The van der Waals surface area contributed by atoms with Gasteiger partial charge < -0.3 is 14.5 Å². The van der Waals surface area contributed by atoms with Crippen molar-refractivity contribution in [2.45, 2.75) is 25.8 Å². The number of amides is 2. The third-order valence-electron chi connectivity index (χ3n) is 6.52. The second kappa shape index (κ2) is 11.5. The molecule has 186 valence electrons. The standard InChI is InChI=1S/C29H29BrN2O4/c1-20-19-31(16-17-32(20)29(35)25-18-24(36-2)12-13-26(25)30)28(34)15-14-27(33)23-10-8-22(9-11-23)21-6-4-3-5-7-21/h3-13,18,20H,14-17,19H2,1-2H3. The van der Waals surface area contributed by atoms with E-state index in [9.17, 15) is 14.4 Å². The summed E-state index contributed by atoms with van der Waals surface area (Å²) in [5.41, 5.74) is 3.28. The molecular weight excluding hydrogens is 520 g/mol. The van der Waals surface area contributed by atoms with Crippen molar-refractivity contribution in [2.24, 2.45) is 0 Å². The van der Waals surface area contributed by atoms with Crippen LogP contribution in [-0.4, -0.2) is 60.2 Å². The van der Waals surface area contributed by atoms with E-state index in [1.165, 1.54) is 0 Å². The second-order valence-corrected chi connectivity index (χ2v) is 9.75. The molecule has 7 heteroatoms. The molecule has 0 N–H and O–H groups in total. The molecule has 0 saturated carbocycles. The minimum atomic E-state index is -0.144. The lowest BCUT2D eigenvalue weighted by Crippen LogP contribution is -2.55. The van der Waals surface area contributed by atoms with E-state index in [1.54, 1.807) is 35.1 Å². The number of nitrogens with zero attached hydrogens (tertiary/aromatic N) is 2. The first-order valence-electron chi connectivity index (χ1n) is 12.0. The average molecular weight is 549 g/mol. The number of ether oxygens (including phenoxy) is 1. The molecule has 0 aromatic heterocycles. The highest BCUT2D eigenvalue weighted by Gasteiger charge is 2.31. The van der Waals surface area contributed by atoms with Gasteiger partial charge in [-0.3, -0.25) is 14.4 Å². The van der Waals surface area contributed by atoms with Gasteiger partial charge in [0.05, 0.1) is 12.7 Å². The van der Waals surface area contributed by atoms with Crippen LogP contribution in [-0.2, 0) is 4.79 Å². The Morgan fingerprint density at radius 3 is 2.28 bits per heavy atom. The Balaban J connectivity index is 1.30. The highest BCUT2D eigenvalue weighted by atomic mass is 79.9. The summed E-state index contributed by atoms with van der Waals surface area (Å²) >= 11 is 3.45. The lowest BCUT2D eigenvalue weighted by molar-refractivity contribution is -0.133. The van der Waals surface area contributed by atoms with E-state index in [0.717, 1.165) is 11.1 Å². The number of ketones is 1. The lowest BCUT2D eigenvalue weighted by Gasteiger charge is -2.40. The normalized spacial score (nSPS) is 15.5. The van der Waals surface area contributed by atoms with Crippen LogP contribution in [0.1, 0.15) is 40.5 Å². The summed E-state index contributed by atoms with van der Waals surface area (Å²) < 4.78 is 5.96. The third-order valence-corrected chi connectivity index (χ3v) is 7.22. The van der Waals surface area contributed by atoms with Crippen molar-refractivity contribution in [3.8, 4) is 16.9 Å². The average Bonchev–Trinajstić information content (AvgIpc) is 2.92. The Hall–Kier alpha value is -3.45. The van der Waals surface area contributed by atoms with E-state index in [-0.39, 0.29) is 36.5 Å². The first-order chi connectivity index (χ1) is 17.4. The number of rotatable bonds is 7. The van der Waals surface area contributed by atoms with Gasteiger partial charge in [0.15, 0.2) is 5.78 Å². The number of halogens is 1. The minimum absolute atomic E-state index is 0.0484. The second-order valence-electron chi connectivity index (χ2n) is 8.90. The Morgan fingerprint density at radius 1 is 0.917 bits per heavy atom. The van der Waals surface area contributed by atoms with E-state index in [2.05, 4.69) is 15.9 Å². The van der Waals surface area contributed by atoms with Crippen LogP contribution in [0.3, 0.4) is 0 Å². The fourth-order valence-electron chi connectivity index (χ4n) is 4.44. The van der Waals surface area contributed by atoms with Crippen molar-refractivity contribution in [3.63, 3.8) is 0 Å². The fourth-order valence-corrected chi connectivity index (χ4v) is 4.85. The number of piperazine rings is 1. The molecule has 4 rings (SSSR count). The Morgan fingerprint density at radius 2 is 1.61 bits per heavy atom. The van der Waals surface area contributed by atoms with Crippen molar-refractivity contribution in [1.82, 2.24) is 9.80 Å². The van der Waals surface area contributed by atoms with Gasteiger partial charge in [0.2, 0.25) is 5.91 Å². The zero-order valence-electron chi connectivity index (χ0n) is 20.4. The van der Waals surface area contributed by atoms with Crippen molar-refractivity contribution in [1.29, 1.82) is 0 Å². The van der Waals surface area contributed by atoms with Gasteiger partial charge in [0, 0.05) is 48.6 Å². The number of Topliss-reactive ketones (excluding diaryl/α,β-unsaturated/α-hetero) is 1. The first-order valence-corrected chi connectivity index (χ1v) is 12.8. The van der Waals surface area contributed by atoms with E-state index >= 15 is 0 Å². The van der Waals surface area contributed by atoms with E-state index < -0.39 is 0 Å². The summed E-state index contributed by atoms with van der Waals surface area (Å²) in [6.45, 7) is 3.25. The molecule has 0 radical (unpaired) electrons. The SMILES string of the molecule is COc1ccc(Br)c(C(=O)N2CCN(C(=O)CCC(=O)c3ccc(-c4ccccc4)cc3)CC2C)c1. The Labute approximate surface area is 220 Å². The molecule has 1 aliphatic rings. The molecule has 0 spiro atoms. The van der Waals surface area contributed by atoms with Crippen molar-refractivity contribution < 1.29 is 19.1 Å². The molecule has 1 saturated heterocycles. The molecule has 1 aliphatic heterocycles. The van der Waals surface area contributed by atoms with Crippen LogP contribution in [0.2, 0.25) is 0 Å². The fraction of sp³-hybridized carbons (Fsp3) is 0.276. The molecule has 1 fully saturated rings. The molecule has 3 aromatic carbocycles. The molecule has 0 aliphatic carbocycles. The Kier molecular flexibility index (Phi) is 8.21. The maximum absolute atomic E-state index is 13.2. The summed E-state index contributed by atoms with van der Waals surface area (Å²) in [4.78, 5) is 42.2. The van der Waals surface area contributed by atoms with Crippen LogP contribution in [0.4, 0.5) is 0 Å². The number of benzene rings is 3. The summed E-state index contributed by atoms with van der Waals surface area (Å²) in [5.74, 6) is 0.398. The molecule has 2 amide bonds. The molecular formula is C29H29BrN2O4. The van der Waals surface area contributed by atoms with E-state index in [1.807, 2.05) is 61.5 Å². The molecule has 1 heterocycles. The van der Waals surface area contributed by atoms with Gasteiger partial charge in [0.25, 0.3) is 5.91 Å². The smallest absolute Gasteiger partial charge is 0.255 e. The van der Waals surface area contributed by atoms with E-state index in [0.29, 0.717) is 41.0 Å². The first kappa shape index (κ1) is 25.6. The van der Waals surface area contributed by atoms with Crippen LogP contribution in [0.25, 0.3) is 11.1 Å². The number of carbonyl (C=O) groups excluding carboxylic acids is 3. The molecule has 0 bridgehead atoms. The summed E-state index contributed by atoms with van der Waals surface area (Å²) in [7, 11) is 1.56. The van der Waals surface area contributed by atoms with Crippen LogP contribution < -0.4 is 4.74 Å². The number of methoxy groups -OCH3 is 1. The van der Waals surface area contributed by atoms with Crippen LogP contribution >= 0.6 is 15.9 Å². The number of carbonyl (C=O) groups is 3. The zero-order chi connectivity index (χ0) is 25.7. The predicted molar refractivity (Wildman–Crippen MR) is 143 cm³/mol. The largest absolute Gasteiger partial charge is 0.497 e. The van der Waals surface area contributed by atoms with Gasteiger partial charge >= 0.3 is 0 Å². The summed E-state index contributed by atoms with van der Waals surface area (Å²) in [6.07, 6.45) is 0.315. The summed E-state index contributed by atoms with van der Waals surface area (Å²) in [6, 6.07) is 22.6. The molecule has 3 aromatic rings. The van der Waals surface area contributed by atoms with Crippen molar-refractivity contribution in [2.75, 3.05) is 26.7 Å². The quantitative estimate of drug-likeness (QED) is 0.367. The van der Waals surface area contributed by atoms with Crippen LogP contribution in [0.5, 0.6) is 5.75 Å². The van der Waals surface area contributed by atoms with Gasteiger partial charge in [-0.2, -0.15) is 0 Å².